The molecule has 4 rings (SSSR count). The molecule has 0 radical (unpaired) electrons. The van der Waals surface area contributed by atoms with Crippen LogP contribution < -0.4 is 10.6 Å². The number of hydrogen-bond donors (Lipinski definition) is 2. The van der Waals surface area contributed by atoms with Crippen molar-refractivity contribution < 1.29 is 9.59 Å². The molecule has 0 aromatic carbocycles. The van der Waals surface area contributed by atoms with E-state index in [1.165, 1.54) is 19.3 Å². The lowest BCUT2D eigenvalue weighted by molar-refractivity contribution is -0.135. The normalized spacial score (nSPS) is 46.1. The molecule has 1 aliphatic heterocycles. The van der Waals surface area contributed by atoms with Gasteiger partial charge in [-0.15, -0.1) is 0 Å². The maximum atomic E-state index is 13.0. The first kappa shape index (κ1) is 19.0. The summed E-state index contributed by atoms with van der Waals surface area (Å²) in [6, 6.07) is 0.280. The maximum Gasteiger partial charge on any atom is 0.243 e. The molecule has 7 atom stereocenters. The van der Waals surface area contributed by atoms with Crippen LogP contribution in [-0.4, -0.2) is 23.4 Å². The molecular formula is C23H36N2O2. The van der Waals surface area contributed by atoms with Crippen molar-refractivity contribution in [3.05, 3.63) is 12.2 Å². The minimum absolute atomic E-state index is 0.0661. The van der Waals surface area contributed by atoms with Crippen molar-refractivity contribution >= 4 is 11.8 Å². The Balaban J connectivity index is 1.58. The molecule has 3 aliphatic carbocycles. The number of nitrogens with one attached hydrogen (secondary N) is 2. The number of rotatable bonds is 1. The smallest absolute Gasteiger partial charge is 0.243 e. The van der Waals surface area contributed by atoms with E-state index in [4.69, 9.17) is 0 Å². The van der Waals surface area contributed by atoms with Gasteiger partial charge in [-0.25, -0.2) is 0 Å². The van der Waals surface area contributed by atoms with Gasteiger partial charge in [0, 0.05) is 22.9 Å². The third-order valence-corrected chi connectivity index (χ3v) is 8.50. The third-order valence-electron chi connectivity index (χ3n) is 8.50. The number of carbonyl (C=O) groups excluding carboxylic acids is 2. The molecule has 3 fully saturated rings. The lowest BCUT2D eigenvalue weighted by Crippen LogP contribution is -2.59. The molecule has 1 heterocycles. The van der Waals surface area contributed by atoms with Gasteiger partial charge in [0.05, 0.1) is 0 Å². The molecule has 150 valence electrons. The fourth-order valence-corrected chi connectivity index (χ4v) is 7.22. The Kier molecular flexibility index (Phi) is 4.29. The largest absolute Gasteiger partial charge is 0.351 e. The first-order valence-electron chi connectivity index (χ1n) is 10.9. The molecule has 0 saturated heterocycles. The van der Waals surface area contributed by atoms with Gasteiger partial charge >= 0.3 is 0 Å². The highest BCUT2D eigenvalue weighted by Gasteiger charge is 2.60. The summed E-state index contributed by atoms with van der Waals surface area (Å²) in [5.41, 5.74) is 0.0323. The Hall–Kier alpha value is -1.32. The van der Waals surface area contributed by atoms with Gasteiger partial charge < -0.3 is 10.6 Å². The highest BCUT2D eigenvalue weighted by molar-refractivity contribution is 5.89. The van der Waals surface area contributed by atoms with Gasteiger partial charge in [-0.1, -0.05) is 19.9 Å². The van der Waals surface area contributed by atoms with Gasteiger partial charge in [0.2, 0.25) is 11.8 Å². The van der Waals surface area contributed by atoms with Gasteiger partial charge in [0.25, 0.3) is 0 Å². The van der Waals surface area contributed by atoms with E-state index in [2.05, 4.69) is 51.3 Å². The number of hydrogen-bond acceptors (Lipinski definition) is 2. The number of fused-ring (bicyclic) bond motifs is 5. The van der Waals surface area contributed by atoms with E-state index in [-0.39, 0.29) is 40.1 Å². The zero-order valence-electron chi connectivity index (χ0n) is 17.6. The van der Waals surface area contributed by atoms with Gasteiger partial charge in [0.1, 0.15) is 0 Å². The molecular weight excluding hydrogens is 336 g/mol. The van der Waals surface area contributed by atoms with Crippen LogP contribution in [0.5, 0.6) is 0 Å². The van der Waals surface area contributed by atoms with E-state index in [9.17, 15) is 9.59 Å². The summed E-state index contributed by atoms with van der Waals surface area (Å²) < 4.78 is 0. The van der Waals surface area contributed by atoms with Crippen LogP contribution in [0.1, 0.15) is 73.1 Å². The summed E-state index contributed by atoms with van der Waals surface area (Å²) >= 11 is 0. The van der Waals surface area contributed by atoms with Crippen LogP contribution >= 0.6 is 0 Å². The van der Waals surface area contributed by atoms with Crippen molar-refractivity contribution in [1.82, 2.24) is 10.6 Å². The molecule has 27 heavy (non-hydrogen) atoms. The zero-order chi connectivity index (χ0) is 19.6. The second kappa shape index (κ2) is 6.09. The van der Waals surface area contributed by atoms with E-state index >= 15 is 0 Å². The predicted octanol–water partition coefficient (Wildman–Crippen LogP) is 3.81. The van der Waals surface area contributed by atoms with Gasteiger partial charge in [-0.2, -0.15) is 0 Å². The number of carbonyl (C=O) groups is 2. The van der Waals surface area contributed by atoms with E-state index in [1.54, 1.807) is 6.08 Å². The third kappa shape index (κ3) is 2.94. The van der Waals surface area contributed by atoms with Gasteiger partial charge in [-0.05, 0) is 88.5 Å². The molecule has 2 amide bonds. The van der Waals surface area contributed by atoms with Crippen molar-refractivity contribution in [2.45, 2.75) is 84.7 Å². The van der Waals surface area contributed by atoms with Crippen LogP contribution in [-0.2, 0) is 9.59 Å². The van der Waals surface area contributed by atoms with Crippen molar-refractivity contribution in [2.75, 3.05) is 0 Å². The molecule has 2 N–H and O–H groups in total. The summed E-state index contributed by atoms with van der Waals surface area (Å²) in [6.45, 7) is 11.0. The summed E-state index contributed by atoms with van der Waals surface area (Å²) in [4.78, 5) is 24.9. The molecule has 3 saturated carbocycles. The first-order valence-corrected chi connectivity index (χ1v) is 10.9. The summed E-state index contributed by atoms with van der Waals surface area (Å²) in [5.74, 6) is 2.41. The minimum atomic E-state index is -0.167. The molecule has 1 unspecified atom stereocenters. The zero-order valence-corrected chi connectivity index (χ0v) is 17.6. The average molecular weight is 373 g/mol. The van der Waals surface area contributed by atoms with Crippen molar-refractivity contribution in [3.63, 3.8) is 0 Å². The number of amides is 2. The fourth-order valence-electron chi connectivity index (χ4n) is 7.22. The van der Waals surface area contributed by atoms with Crippen LogP contribution in [0.15, 0.2) is 12.2 Å². The lowest BCUT2D eigenvalue weighted by Gasteiger charge is -2.58. The molecule has 4 aliphatic rings. The molecule has 4 nitrogen and oxygen atoms in total. The van der Waals surface area contributed by atoms with Crippen LogP contribution in [0.3, 0.4) is 0 Å². The highest BCUT2D eigenvalue weighted by atomic mass is 16.2. The van der Waals surface area contributed by atoms with Crippen LogP contribution in [0.4, 0.5) is 0 Å². The summed E-state index contributed by atoms with van der Waals surface area (Å²) in [5, 5.41) is 6.48. The second-order valence-corrected chi connectivity index (χ2v) is 11.1. The van der Waals surface area contributed by atoms with Crippen molar-refractivity contribution in [2.24, 2.45) is 34.5 Å². The monoisotopic (exact) mass is 372 g/mol. The van der Waals surface area contributed by atoms with E-state index in [0.29, 0.717) is 17.8 Å². The SMILES string of the molecule is CC(C)(C)NC(=O)C1CC[C@@H]2[C@@H]3CC[C@H]4NC(=O)C=C[C@]4(C)[C@@H]3CC[C@]12C. The Labute approximate surface area is 163 Å². The van der Waals surface area contributed by atoms with E-state index in [0.717, 1.165) is 19.3 Å². The van der Waals surface area contributed by atoms with Crippen LogP contribution in [0.2, 0.25) is 0 Å². The van der Waals surface area contributed by atoms with E-state index in [1.807, 2.05) is 0 Å². The molecule has 0 aromatic heterocycles. The standard InChI is InChI=1S/C23H36N2O2/c1-21(2,3)25-20(27)17-8-7-15-14-6-9-18-23(5,13-11-19(26)24-18)16(14)10-12-22(15,17)4/h11,13-18H,6-10,12H2,1-5H3,(H,24,26)(H,25,27)/t14-,15+,16+,17?,18+,22-,23+/m0/s1. The van der Waals surface area contributed by atoms with Crippen LogP contribution in [0.25, 0.3) is 0 Å². The predicted molar refractivity (Wildman–Crippen MR) is 107 cm³/mol. The maximum absolute atomic E-state index is 13.0. The Morgan fingerprint density at radius 3 is 2.56 bits per heavy atom. The Bertz CT molecular complexity index is 678. The van der Waals surface area contributed by atoms with Crippen LogP contribution in [0, 0.1) is 34.5 Å². The topological polar surface area (TPSA) is 58.2 Å². The lowest BCUT2D eigenvalue weighted by atomic mass is 9.48. The molecule has 0 bridgehead atoms. The van der Waals surface area contributed by atoms with Gasteiger partial charge in [0.15, 0.2) is 0 Å². The fraction of sp³-hybridized carbons (Fsp3) is 0.826. The summed E-state index contributed by atoms with van der Waals surface area (Å²) in [6.07, 6.45) is 10.7. The second-order valence-electron chi connectivity index (χ2n) is 11.1. The molecule has 0 spiro atoms. The minimum Gasteiger partial charge on any atom is -0.351 e. The molecule has 0 aromatic rings. The Morgan fingerprint density at radius 2 is 1.85 bits per heavy atom. The molecule has 4 heteroatoms. The quantitative estimate of drug-likeness (QED) is 0.735. The highest BCUT2D eigenvalue weighted by Crippen LogP contribution is 2.65. The first-order chi connectivity index (χ1) is 12.5. The average Bonchev–Trinajstić information content (AvgIpc) is 2.91. The van der Waals surface area contributed by atoms with E-state index < -0.39 is 0 Å². The Morgan fingerprint density at radius 1 is 1.11 bits per heavy atom. The van der Waals surface area contributed by atoms with Crippen molar-refractivity contribution in [1.29, 1.82) is 0 Å². The summed E-state index contributed by atoms with van der Waals surface area (Å²) in [7, 11) is 0. The van der Waals surface area contributed by atoms with Crippen molar-refractivity contribution in [3.8, 4) is 0 Å². The van der Waals surface area contributed by atoms with Gasteiger partial charge in [-0.3, -0.25) is 9.59 Å².